The number of fused-ring (bicyclic) bond motifs is 2. The number of aromatic nitrogens is 3. The maximum atomic E-state index is 5.04. The lowest BCUT2D eigenvalue weighted by atomic mass is 10.1. The molecule has 228 valence electrons. The smallest absolute Gasteiger partial charge is 0.164 e. The van der Waals surface area contributed by atoms with E-state index in [0.29, 0.717) is 17.5 Å². The Bertz CT molecular complexity index is 1910. The van der Waals surface area contributed by atoms with Crippen LogP contribution in [0.25, 0.3) is 34.2 Å². The van der Waals surface area contributed by atoms with Crippen molar-refractivity contribution in [3.8, 4) is 34.2 Å². The molecule has 1 aromatic heterocycles. The standard InChI is InChI=1S/C39H38N4SSi2/c1-45(2,3)31-23-17-28(18-24-31)38-40-37(41-39(42-38)29-19-25-32(26-20-29)46(4,5)6)27-15-21-30(22-16-27)43-33-11-7-9-13-35(33)44-36-14-10-8-12-34(36)43/h7-26H,1-6H3. The third-order valence-corrected chi connectivity index (χ3v) is 13.7. The van der Waals surface area contributed by atoms with Crippen LogP contribution in [0.4, 0.5) is 17.1 Å². The molecule has 0 radical (unpaired) electrons. The summed E-state index contributed by atoms with van der Waals surface area (Å²) in [6, 6.07) is 43.4. The molecule has 7 rings (SSSR count). The predicted molar refractivity (Wildman–Crippen MR) is 201 cm³/mol. The van der Waals surface area contributed by atoms with Crippen molar-refractivity contribution in [1.29, 1.82) is 0 Å². The highest BCUT2D eigenvalue weighted by Crippen LogP contribution is 2.51. The second kappa shape index (κ2) is 11.8. The molecule has 5 aromatic carbocycles. The second-order valence-corrected chi connectivity index (χ2v) is 25.1. The molecule has 6 aromatic rings. The topological polar surface area (TPSA) is 41.9 Å². The van der Waals surface area contributed by atoms with Gasteiger partial charge in [0.1, 0.15) is 0 Å². The number of rotatable bonds is 6. The minimum absolute atomic E-state index is 0.671. The van der Waals surface area contributed by atoms with Crippen LogP contribution in [0.5, 0.6) is 0 Å². The molecule has 0 spiro atoms. The van der Waals surface area contributed by atoms with Crippen LogP contribution in [0, 0.1) is 0 Å². The van der Waals surface area contributed by atoms with Crippen molar-refractivity contribution in [2.45, 2.75) is 49.1 Å². The van der Waals surface area contributed by atoms with Crippen molar-refractivity contribution in [2.24, 2.45) is 0 Å². The van der Waals surface area contributed by atoms with E-state index in [9.17, 15) is 0 Å². The molecule has 46 heavy (non-hydrogen) atoms. The Morgan fingerprint density at radius 1 is 0.435 bits per heavy atom. The zero-order valence-electron chi connectivity index (χ0n) is 27.2. The van der Waals surface area contributed by atoms with Crippen LogP contribution in [0.15, 0.2) is 131 Å². The molecule has 7 heteroatoms. The van der Waals surface area contributed by atoms with E-state index in [4.69, 9.17) is 15.0 Å². The first kappa shape index (κ1) is 30.4. The number of anilines is 3. The Morgan fingerprint density at radius 3 is 1.15 bits per heavy atom. The lowest BCUT2D eigenvalue weighted by Crippen LogP contribution is -2.37. The zero-order valence-corrected chi connectivity index (χ0v) is 30.1. The first-order valence-corrected chi connectivity index (χ1v) is 23.6. The first-order valence-electron chi connectivity index (χ1n) is 15.8. The highest BCUT2D eigenvalue weighted by molar-refractivity contribution is 7.99. The van der Waals surface area contributed by atoms with Gasteiger partial charge in [0.2, 0.25) is 0 Å². The average Bonchev–Trinajstić information content (AvgIpc) is 3.06. The van der Waals surface area contributed by atoms with E-state index in [2.05, 4.69) is 166 Å². The molecule has 0 N–H and O–H groups in total. The van der Waals surface area contributed by atoms with Gasteiger partial charge >= 0.3 is 0 Å². The molecule has 0 bridgehead atoms. The molecular weight excluding hydrogens is 613 g/mol. The zero-order chi connectivity index (χ0) is 32.1. The lowest BCUT2D eigenvalue weighted by molar-refractivity contribution is 1.07. The molecule has 2 heterocycles. The van der Waals surface area contributed by atoms with E-state index in [1.807, 2.05) is 11.8 Å². The largest absolute Gasteiger partial charge is 0.308 e. The van der Waals surface area contributed by atoms with Gasteiger partial charge in [-0.15, -0.1) is 0 Å². The van der Waals surface area contributed by atoms with Gasteiger partial charge in [0, 0.05) is 32.2 Å². The van der Waals surface area contributed by atoms with Crippen molar-refractivity contribution < 1.29 is 0 Å². The molecular formula is C39H38N4SSi2. The summed E-state index contributed by atoms with van der Waals surface area (Å²) in [5.41, 5.74) is 6.43. The molecule has 0 amide bonds. The molecule has 0 saturated heterocycles. The fraction of sp³-hybridized carbons (Fsp3) is 0.154. The molecule has 0 fully saturated rings. The fourth-order valence-electron chi connectivity index (χ4n) is 5.74. The van der Waals surface area contributed by atoms with Gasteiger partial charge in [0.25, 0.3) is 0 Å². The fourth-order valence-corrected chi connectivity index (χ4v) is 9.14. The van der Waals surface area contributed by atoms with Gasteiger partial charge in [0.15, 0.2) is 17.5 Å². The Balaban J connectivity index is 1.31. The Hall–Kier alpha value is -4.31. The Kier molecular flexibility index (Phi) is 7.79. The van der Waals surface area contributed by atoms with Crippen LogP contribution in [-0.2, 0) is 0 Å². The van der Waals surface area contributed by atoms with E-state index in [0.717, 1.165) is 22.4 Å². The molecule has 1 aliphatic rings. The summed E-state index contributed by atoms with van der Waals surface area (Å²) < 4.78 is 0. The summed E-state index contributed by atoms with van der Waals surface area (Å²) in [4.78, 5) is 19.9. The molecule has 1 aliphatic heterocycles. The van der Waals surface area contributed by atoms with Crippen molar-refractivity contribution in [1.82, 2.24) is 15.0 Å². The number of hydrogen-bond donors (Lipinski definition) is 0. The molecule has 0 saturated carbocycles. The molecule has 0 unspecified atom stereocenters. The average molecular weight is 651 g/mol. The third kappa shape index (κ3) is 5.98. The van der Waals surface area contributed by atoms with Gasteiger partial charge in [-0.1, -0.05) is 134 Å². The molecule has 0 aliphatic carbocycles. The van der Waals surface area contributed by atoms with Crippen molar-refractivity contribution in [2.75, 3.05) is 4.90 Å². The van der Waals surface area contributed by atoms with Crippen molar-refractivity contribution >= 4 is 55.3 Å². The predicted octanol–water partition coefficient (Wildman–Crippen LogP) is 9.90. The van der Waals surface area contributed by atoms with Gasteiger partial charge in [-0.05, 0) is 48.5 Å². The minimum atomic E-state index is -1.42. The quantitative estimate of drug-likeness (QED) is 0.168. The van der Waals surface area contributed by atoms with Gasteiger partial charge in [0.05, 0.1) is 27.5 Å². The highest BCUT2D eigenvalue weighted by atomic mass is 32.2. The highest BCUT2D eigenvalue weighted by Gasteiger charge is 2.25. The lowest BCUT2D eigenvalue weighted by Gasteiger charge is -2.32. The van der Waals surface area contributed by atoms with E-state index in [-0.39, 0.29) is 0 Å². The van der Waals surface area contributed by atoms with Gasteiger partial charge in [-0.25, -0.2) is 15.0 Å². The van der Waals surface area contributed by atoms with E-state index < -0.39 is 16.1 Å². The third-order valence-electron chi connectivity index (χ3n) is 8.47. The van der Waals surface area contributed by atoms with Crippen LogP contribution in [0.2, 0.25) is 39.3 Å². The SMILES string of the molecule is C[Si](C)(C)c1ccc(-c2nc(-c3ccc(N4c5ccccc5Sc5ccccc54)cc3)nc(-c3ccc([Si](C)(C)C)cc3)n2)cc1. The van der Waals surface area contributed by atoms with Crippen molar-refractivity contribution in [3.63, 3.8) is 0 Å². The Labute approximate surface area is 278 Å². The van der Waals surface area contributed by atoms with Gasteiger partial charge < -0.3 is 4.90 Å². The summed E-state index contributed by atoms with van der Waals surface area (Å²) >= 11 is 1.82. The Morgan fingerprint density at radius 2 is 0.783 bits per heavy atom. The molecule has 4 nitrogen and oxygen atoms in total. The first-order chi connectivity index (χ1) is 22.0. The summed E-state index contributed by atoms with van der Waals surface area (Å²) in [6.45, 7) is 14.2. The van der Waals surface area contributed by atoms with Gasteiger partial charge in [-0.3, -0.25) is 0 Å². The van der Waals surface area contributed by atoms with Crippen LogP contribution in [-0.4, -0.2) is 31.1 Å². The van der Waals surface area contributed by atoms with Gasteiger partial charge in [-0.2, -0.15) is 0 Å². The number of hydrogen-bond acceptors (Lipinski definition) is 5. The van der Waals surface area contributed by atoms with E-state index >= 15 is 0 Å². The summed E-state index contributed by atoms with van der Waals surface area (Å²) in [7, 11) is -2.85. The maximum absolute atomic E-state index is 5.04. The van der Waals surface area contributed by atoms with Crippen LogP contribution in [0.1, 0.15) is 0 Å². The monoisotopic (exact) mass is 650 g/mol. The minimum Gasteiger partial charge on any atom is -0.308 e. The second-order valence-electron chi connectivity index (χ2n) is 13.9. The van der Waals surface area contributed by atoms with E-state index in [1.165, 1.54) is 31.5 Å². The number of para-hydroxylation sites is 2. The van der Waals surface area contributed by atoms with Crippen LogP contribution >= 0.6 is 11.8 Å². The number of benzene rings is 5. The van der Waals surface area contributed by atoms with E-state index in [1.54, 1.807) is 0 Å². The summed E-state index contributed by atoms with van der Waals surface area (Å²) in [6.07, 6.45) is 0. The van der Waals surface area contributed by atoms with Crippen LogP contribution < -0.4 is 15.3 Å². The normalized spacial score (nSPS) is 12.9. The molecule has 0 atom stereocenters. The van der Waals surface area contributed by atoms with Crippen molar-refractivity contribution in [3.05, 3.63) is 121 Å². The summed E-state index contributed by atoms with van der Waals surface area (Å²) in [5.74, 6) is 2.05. The van der Waals surface area contributed by atoms with Crippen LogP contribution in [0.3, 0.4) is 0 Å². The number of nitrogens with zero attached hydrogens (tertiary/aromatic N) is 4. The summed E-state index contributed by atoms with van der Waals surface area (Å²) in [5, 5.41) is 2.84. The maximum Gasteiger partial charge on any atom is 0.164 e.